The summed E-state index contributed by atoms with van der Waals surface area (Å²) in [6.45, 7) is 7.76. The number of nitrogens with zero attached hydrogens (tertiary/aromatic N) is 6. The second-order valence-corrected chi connectivity index (χ2v) is 10.5. The highest BCUT2D eigenvalue weighted by Crippen LogP contribution is 2.39. The number of aromatic nitrogens is 6. The van der Waals surface area contributed by atoms with Crippen molar-refractivity contribution in [3.05, 3.63) is 52.9 Å². The molecule has 3 aromatic heterocycles. The van der Waals surface area contributed by atoms with Crippen LogP contribution >= 0.6 is 0 Å². The average molecular weight is 478 g/mol. The summed E-state index contributed by atoms with van der Waals surface area (Å²) in [6, 6.07) is 9.57. The summed E-state index contributed by atoms with van der Waals surface area (Å²) in [4.78, 5) is 12.0. The fourth-order valence-electron chi connectivity index (χ4n) is 5.07. The number of nitrogens with one attached hydrogen (secondary N) is 1. The Labute approximate surface area is 201 Å². The third kappa shape index (κ3) is 4.07. The number of fused-ring (bicyclic) bond motifs is 1. The maximum absolute atomic E-state index is 15.4. The van der Waals surface area contributed by atoms with Crippen LogP contribution in [-0.4, -0.2) is 52.1 Å². The predicted octanol–water partition coefficient (Wildman–Crippen LogP) is 3.39. The quantitative estimate of drug-likeness (QED) is 0.465. The maximum Gasteiger partial charge on any atom is 0.250 e. The van der Waals surface area contributed by atoms with Crippen LogP contribution in [0.15, 0.2) is 47.4 Å². The second kappa shape index (κ2) is 7.94. The van der Waals surface area contributed by atoms with Gasteiger partial charge in [0.15, 0.2) is 0 Å². The fraction of sp³-hybridized carbons (Fsp3) is 0.400. The van der Waals surface area contributed by atoms with Gasteiger partial charge in [-0.2, -0.15) is 0 Å². The van der Waals surface area contributed by atoms with E-state index in [4.69, 9.17) is 0 Å². The lowest BCUT2D eigenvalue weighted by atomic mass is 9.78. The number of phenolic OH excluding ortho intramolecular Hbond substituents is 1. The molecule has 0 saturated carbocycles. The van der Waals surface area contributed by atoms with Crippen LogP contribution in [0.2, 0.25) is 0 Å². The summed E-state index contributed by atoms with van der Waals surface area (Å²) in [5.74, 6) is -0.00473. The summed E-state index contributed by atoms with van der Waals surface area (Å²) < 4.78 is 18.4. The number of pyridine rings is 1. The Bertz CT molecular complexity index is 1490. The molecule has 1 aliphatic rings. The highest BCUT2D eigenvalue weighted by molar-refractivity contribution is 5.79. The molecule has 2 unspecified atom stereocenters. The molecule has 0 radical (unpaired) electrons. The maximum atomic E-state index is 15.4. The topological polar surface area (TPSA) is 111 Å². The second-order valence-electron chi connectivity index (χ2n) is 10.5. The number of halogens is 1. The number of alkyl halides is 1. The van der Waals surface area contributed by atoms with Gasteiger partial charge in [-0.1, -0.05) is 11.3 Å². The van der Waals surface area contributed by atoms with Crippen molar-refractivity contribution in [3.63, 3.8) is 0 Å². The number of phenols is 1. The van der Waals surface area contributed by atoms with Crippen molar-refractivity contribution < 1.29 is 9.50 Å². The van der Waals surface area contributed by atoms with Gasteiger partial charge in [-0.05, 0) is 69.5 Å². The molecule has 2 atom stereocenters. The van der Waals surface area contributed by atoms with Gasteiger partial charge in [0.1, 0.15) is 17.4 Å². The van der Waals surface area contributed by atoms with Gasteiger partial charge in [0.05, 0.1) is 11.7 Å². The highest BCUT2D eigenvalue weighted by atomic mass is 19.1. The number of piperidine rings is 1. The molecular formula is C25H28FN7O2. The van der Waals surface area contributed by atoms with E-state index in [0.29, 0.717) is 40.0 Å². The van der Waals surface area contributed by atoms with Crippen molar-refractivity contribution in [2.75, 3.05) is 0 Å². The van der Waals surface area contributed by atoms with E-state index in [0.717, 1.165) is 0 Å². The van der Waals surface area contributed by atoms with Gasteiger partial charge in [-0.15, -0.1) is 15.3 Å². The van der Waals surface area contributed by atoms with Crippen molar-refractivity contribution >= 4 is 11.2 Å². The van der Waals surface area contributed by atoms with Gasteiger partial charge >= 0.3 is 0 Å². The lowest BCUT2D eigenvalue weighted by Crippen LogP contribution is -2.64. The number of benzene rings is 1. The minimum absolute atomic E-state index is 0.00473. The van der Waals surface area contributed by atoms with E-state index in [9.17, 15) is 9.90 Å². The standard InChI is InChI=1S/C25H28FN7O2/c1-24(2)13-19(22(26)25(3,4)30-24)33-23-18(28-31-33)12-17(27-29-23)16-7-6-14(10-20(16)34)15-8-9-32(5)21(35)11-15/h6-12,19,22,30,34H,13H2,1-5H3. The van der Waals surface area contributed by atoms with Crippen LogP contribution in [0.3, 0.4) is 0 Å². The van der Waals surface area contributed by atoms with Crippen molar-refractivity contribution in [2.24, 2.45) is 7.05 Å². The van der Waals surface area contributed by atoms with Crippen LogP contribution in [0.1, 0.15) is 40.2 Å². The summed E-state index contributed by atoms with van der Waals surface area (Å²) in [5.41, 5.74) is 1.98. The van der Waals surface area contributed by atoms with Crippen LogP contribution in [0.5, 0.6) is 5.75 Å². The zero-order chi connectivity index (χ0) is 25.1. The van der Waals surface area contributed by atoms with E-state index >= 15 is 4.39 Å². The average Bonchev–Trinajstić information content (AvgIpc) is 3.20. The Morgan fingerprint density at radius 1 is 1.06 bits per heavy atom. The molecule has 1 aromatic carbocycles. The lowest BCUT2D eigenvalue weighted by molar-refractivity contribution is 0.0257. The summed E-state index contributed by atoms with van der Waals surface area (Å²) in [6.07, 6.45) is 0.996. The van der Waals surface area contributed by atoms with Gasteiger partial charge in [0.2, 0.25) is 5.65 Å². The lowest BCUT2D eigenvalue weighted by Gasteiger charge is -2.48. The first-order valence-electron chi connectivity index (χ1n) is 11.5. The Balaban J connectivity index is 1.49. The monoisotopic (exact) mass is 477 g/mol. The van der Waals surface area contributed by atoms with Crippen LogP contribution in [0.25, 0.3) is 33.5 Å². The first kappa shape index (κ1) is 23.1. The predicted molar refractivity (Wildman–Crippen MR) is 131 cm³/mol. The molecule has 2 N–H and O–H groups in total. The number of aryl methyl sites for hydroxylation is 1. The van der Waals surface area contributed by atoms with E-state index in [-0.39, 0.29) is 16.8 Å². The summed E-state index contributed by atoms with van der Waals surface area (Å²) >= 11 is 0. The van der Waals surface area contributed by atoms with E-state index in [1.807, 2.05) is 33.8 Å². The van der Waals surface area contributed by atoms with Crippen molar-refractivity contribution in [1.29, 1.82) is 0 Å². The third-order valence-corrected chi connectivity index (χ3v) is 6.65. The first-order valence-corrected chi connectivity index (χ1v) is 11.5. The molecule has 5 rings (SSSR count). The molecule has 1 saturated heterocycles. The molecule has 0 bridgehead atoms. The molecule has 0 amide bonds. The number of aromatic hydroxyl groups is 1. The van der Waals surface area contributed by atoms with Gasteiger partial charge in [0.25, 0.3) is 5.56 Å². The molecule has 0 spiro atoms. The fourth-order valence-corrected chi connectivity index (χ4v) is 5.07. The Morgan fingerprint density at radius 3 is 2.51 bits per heavy atom. The molecule has 1 fully saturated rings. The van der Waals surface area contributed by atoms with Crippen LogP contribution < -0.4 is 10.9 Å². The number of hydrogen-bond donors (Lipinski definition) is 2. The van der Waals surface area contributed by atoms with Gasteiger partial charge < -0.3 is 15.0 Å². The highest BCUT2D eigenvalue weighted by Gasteiger charge is 2.48. The molecule has 4 heterocycles. The Morgan fingerprint density at radius 2 is 1.80 bits per heavy atom. The summed E-state index contributed by atoms with van der Waals surface area (Å²) in [7, 11) is 1.68. The minimum atomic E-state index is -1.20. The molecule has 182 valence electrons. The van der Waals surface area contributed by atoms with Crippen molar-refractivity contribution in [3.8, 4) is 28.1 Å². The van der Waals surface area contributed by atoms with Crippen LogP contribution in [0, 0.1) is 0 Å². The number of rotatable bonds is 3. The van der Waals surface area contributed by atoms with Crippen molar-refractivity contribution in [1.82, 2.24) is 35.1 Å². The molecular weight excluding hydrogens is 449 g/mol. The first-order chi connectivity index (χ1) is 16.4. The minimum Gasteiger partial charge on any atom is -0.507 e. The van der Waals surface area contributed by atoms with E-state index in [2.05, 4.69) is 25.8 Å². The van der Waals surface area contributed by atoms with Crippen LogP contribution in [0.4, 0.5) is 4.39 Å². The van der Waals surface area contributed by atoms with Crippen LogP contribution in [-0.2, 0) is 7.05 Å². The van der Waals surface area contributed by atoms with E-state index in [1.54, 1.807) is 37.5 Å². The Hall–Kier alpha value is -3.66. The van der Waals surface area contributed by atoms with E-state index < -0.39 is 17.8 Å². The zero-order valence-corrected chi connectivity index (χ0v) is 20.3. The van der Waals surface area contributed by atoms with Gasteiger partial charge in [0, 0.05) is 36.0 Å². The third-order valence-electron chi connectivity index (χ3n) is 6.65. The summed E-state index contributed by atoms with van der Waals surface area (Å²) in [5, 5.41) is 31.1. The molecule has 35 heavy (non-hydrogen) atoms. The Kier molecular flexibility index (Phi) is 5.24. The largest absolute Gasteiger partial charge is 0.507 e. The van der Waals surface area contributed by atoms with Gasteiger partial charge in [-0.25, -0.2) is 9.07 Å². The zero-order valence-electron chi connectivity index (χ0n) is 20.3. The van der Waals surface area contributed by atoms with E-state index in [1.165, 1.54) is 15.3 Å². The molecule has 0 aliphatic carbocycles. The molecule has 4 aromatic rings. The molecule has 10 heteroatoms. The van der Waals surface area contributed by atoms with Gasteiger partial charge in [-0.3, -0.25) is 4.79 Å². The smallest absolute Gasteiger partial charge is 0.250 e. The SMILES string of the molecule is Cn1ccc(-c2ccc(-c3cc4nnn(C5CC(C)(C)NC(C)(C)C5F)c4nn3)c(O)c2)cc1=O. The normalized spacial score (nSPS) is 21.3. The molecule has 9 nitrogen and oxygen atoms in total. The number of hydrogen-bond acceptors (Lipinski definition) is 7. The van der Waals surface area contributed by atoms with Crippen molar-refractivity contribution in [2.45, 2.75) is 57.4 Å². The molecule has 1 aliphatic heterocycles.